The van der Waals surface area contributed by atoms with Crippen molar-refractivity contribution in [3.05, 3.63) is 64.2 Å². The van der Waals surface area contributed by atoms with Gasteiger partial charge in [-0.1, -0.05) is 41.4 Å². The lowest BCUT2D eigenvalue weighted by Gasteiger charge is -2.09. The van der Waals surface area contributed by atoms with Gasteiger partial charge in [0.05, 0.1) is 0 Å². The van der Waals surface area contributed by atoms with Crippen LogP contribution in [0.15, 0.2) is 42.5 Å². The number of carbonyl (C=O) groups is 2. The smallest absolute Gasteiger partial charge is 0.233 e. The van der Waals surface area contributed by atoms with Gasteiger partial charge in [-0.25, -0.2) is 0 Å². The molecule has 0 heterocycles. The molecule has 2 amide bonds. The third-order valence-corrected chi connectivity index (χ3v) is 3.59. The van der Waals surface area contributed by atoms with Gasteiger partial charge in [-0.05, 0) is 43.2 Å². The van der Waals surface area contributed by atoms with Crippen molar-refractivity contribution in [2.24, 2.45) is 0 Å². The fourth-order valence-corrected chi connectivity index (χ4v) is 2.42. The predicted molar refractivity (Wildman–Crippen MR) is 92.5 cm³/mol. The van der Waals surface area contributed by atoms with Crippen LogP contribution < -0.4 is 10.6 Å². The standard InChI is InChI=1S/C18H19ClN2O2/c1-12-4-3-5-14(8-12)11-20-17(22)10-18(23)21-16-7-6-15(19)9-13(16)2/h3-9H,10-11H2,1-2H3,(H,20,22)(H,21,23). The summed E-state index contributed by atoms with van der Waals surface area (Å²) in [6.45, 7) is 4.25. The number of amides is 2. The van der Waals surface area contributed by atoms with E-state index in [9.17, 15) is 9.59 Å². The monoisotopic (exact) mass is 330 g/mol. The topological polar surface area (TPSA) is 58.2 Å². The fraction of sp³-hybridized carbons (Fsp3) is 0.222. The zero-order valence-corrected chi connectivity index (χ0v) is 13.9. The maximum Gasteiger partial charge on any atom is 0.233 e. The molecule has 2 aromatic rings. The minimum atomic E-state index is -0.350. The van der Waals surface area contributed by atoms with Crippen LogP contribution in [0.3, 0.4) is 0 Å². The Morgan fingerprint density at radius 3 is 2.52 bits per heavy atom. The number of hydrogen-bond donors (Lipinski definition) is 2. The molecule has 0 saturated carbocycles. The van der Waals surface area contributed by atoms with E-state index in [1.165, 1.54) is 0 Å². The van der Waals surface area contributed by atoms with E-state index in [1.807, 2.05) is 38.1 Å². The van der Waals surface area contributed by atoms with Gasteiger partial charge in [-0.15, -0.1) is 0 Å². The van der Waals surface area contributed by atoms with Gasteiger partial charge in [0.1, 0.15) is 6.42 Å². The normalized spacial score (nSPS) is 10.2. The largest absolute Gasteiger partial charge is 0.352 e. The summed E-state index contributed by atoms with van der Waals surface area (Å²) in [5, 5.41) is 6.07. The summed E-state index contributed by atoms with van der Waals surface area (Å²) in [5.41, 5.74) is 3.65. The second kappa shape index (κ2) is 7.79. The molecule has 0 fully saturated rings. The number of hydrogen-bond acceptors (Lipinski definition) is 2. The van der Waals surface area contributed by atoms with Crippen molar-refractivity contribution in [2.75, 3.05) is 5.32 Å². The summed E-state index contributed by atoms with van der Waals surface area (Å²) in [4.78, 5) is 23.8. The molecular weight excluding hydrogens is 312 g/mol. The lowest BCUT2D eigenvalue weighted by Crippen LogP contribution is -2.27. The molecule has 0 radical (unpaired) electrons. The lowest BCUT2D eigenvalue weighted by molar-refractivity contribution is -0.126. The Kier molecular flexibility index (Phi) is 5.77. The van der Waals surface area contributed by atoms with Crippen LogP contribution in [-0.4, -0.2) is 11.8 Å². The number of aryl methyl sites for hydroxylation is 2. The average Bonchev–Trinajstić information content (AvgIpc) is 2.48. The van der Waals surface area contributed by atoms with E-state index >= 15 is 0 Å². The first-order valence-corrected chi connectivity index (χ1v) is 7.70. The highest BCUT2D eigenvalue weighted by molar-refractivity contribution is 6.30. The molecule has 0 aliphatic carbocycles. The SMILES string of the molecule is Cc1cccc(CNC(=O)CC(=O)Nc2ccc(Cl)cc2C)c1. The summed E-state index contributed by atoms with van der Waals surface area (Å²) in [5.74, 6) is -0.659. The summed E-state index contributed by atoms with van der Waals surface area (Å²) >= 11 is 5.87. The highest BCUT2D eigenvalue weighted by atomic mass is 35.5. The second-order valence-electron chi connectivity index (χ2n) is 5.45. The van der Waals surface area contributed by atoms with Gasteiger partial charge in [-0.2, -0.15) is 0 Å². The quantitative estimate of drug-likeness (QED) is 0.823. The second-order valence-corrected chi connectivity index (χ2v) is 5.89. The third kappa shape index (κ3) is 5.42. The summed E-state index contributed by atoms with van der Waals surface area (Å²) in [7, 11) is 0. The summed E-state index contributed by atoms with van der Waals surface area (Å²) < 4.78 is 0. The van der Waals surface area contributed by atoms with Gasteiger partial charge >= 0.3 is 0 Å². The number of nitrogens with one attached hydrogen (secondary N) is 2. The number of halogens is 1. The van der Waals surface area contributed by atoms with E-state index < -0.39 is 0 Å². The minimum absolute atomic E-state index is 0.214. The molecule has 0 spiro atoms. The van der Waals surface area contributed by atoms with E-state index in [4.69, 9.17) is 11.6 Å². The molecule has 0 aromatic heterocycles. The number of rotatable bonds is 5. The van der Waals surface area contributed by atoms with Gasteiger partial charge in [0.15, 0.2) is 0 Å². The summed E-state index contributed by atoms with van der Waals surface area (Å²) in [6, 6.07) is 13.0. The van der Waals surface area contributed by atoms with Crippen LogP contribution in [0.5, 0.6) is 0 Å². The van der Waals surface area contributed by atoms with Crippen molar-refractivity contribution in [1.29, 1.82) is 0 Å². The van der Waals surface area contributed by atoms with E-state index in [-0.39, 0.29) is 18.2 Å². The Balaban J connectivity index is 1.84. The fourth-order valence-electron chi connectivity index (χ4n) is 2.19. The Morgan fingerprint density at radius 2 is 1.83 bits per heavy atom. The number of benzene rings is 2. The number of carbonyl (C=O) groups excluding carboxylic acids is 2. The van der Waals surface area contributed by atoms with Crippen LogP contribution in [-0.2, 0) is 16.1 Å². The lowest BCUT2D eigenvalue weighted by atomic mass is 10.1. The molecule has 5 heteroatoms. The minimum Gasteiger partial charge on any atom is -0.352 e. The molecule has 2 N–H and O–H groups in total. The number of anilines is 1. The molecule has 23 heavy (non-hydrogen) atoms. The Labute approximate surface area is 140 Å². The van der Waals surface area contributed by atoms with Crippen molar-refractivity contribution in [2.45, 2.75) is 26.8 Å². The maximum absolute atomic E-state index is 11.9. The van der Waals surface area contributed by atoms with Crippen molar-refractivity contribution in [3.63, 3.8) is 0 Å². The van der Waals surface area contributed by atoms with Crippen molar-refractivity contribution < 1.29 is 9.59 Å². The van der Waals surface area contributed by atoms with Crippen molar-refractivity contribution in [3.8, 4) is 0 Å². The van der Waals surface area contributed by atoms with E-state index in [2.05, 4.69) is 10.6 Å². The van der Waals surface area contributed by atoms with Crippen LogP contribution in [0.1, 0.15) is 23.1 Å². The van der Waals surface area contributed by atoms with Gasteiger partial charge in [0.25, 0.3) is 0 Å². The molecule has 2 rings (SSSR count). The van der Waals surface area contributed by atoms with E-state index in [0.717, 1.165) is 16.7 Å². The predicted octanol–water partition coefficient (Wildman–Crippen LogP) is 3.60. The molecule has 2 aromatic carbocycles. The zero-order chi connectivity index (χ0) is 16.8. The maximum atomic E-state index is 11.9. The van der Waals surface area contributed by atoms with Crippen molar-refractivity contribution in [1.82, 2.24) is 5.32 Å². The molecule has 0 aliphatic heterocycles. The first-order chi connectivity index (χ1) is 10.9. The molecule has 0 saturated heterocycles. The van der Waals surface area contributed by atoms with E-state index in [0.29, 0.717) is 17.3 Å². The Bertz CT molecular complexity index is 729. The summed E-state index contributed by atoms with van der Waals surface area (Å²) in [6.07, 6.45) is -0.214. The molecule has 0 atom stereocenters. The molecular formula is C18H19ClN2O2. The Morgan fingerprint density at radius 1 is 1.04 bits per heavy atom. The molecule has 0 aliphatic rings. The molecule has 0 unspecified atom stereocenters. The van der Waals surface area contributed by atoms with Crippen molar-refractivity contribution >= 4 is 29.1 Å². The average molecular weight is 331 g/mol. The van der Waals surface area contributed by atoms with E-state index in [1.54, 1.807) is 18.2 Å². The van der Waals surface area contributed by atoms with Gasteiger partial charge < -0.3 is 10.6 Å². The van der Waals surface area contributed by atoms with Crippen LogP contribution in [0.25, 0.3) is 0 Å². The first-order valence-electron chi connectivity index (χ1n) is 7.32. The van der Waals surface area contributed by atoms with Gasteiger partial charge in [0, 0.05) is 17.3 Å². The van der Waals surface area contributed by atoms with Crippen LogP contribution in [0.2, 0.25) is 5.02 Å². The van der Waals surface area contributed by atoms with Gasteiger partial charge in [-0.3, -0.25) is 9.59 Å². The zero-order valence-electron chi connectivity index (χ0n) is 13.2. The first kappa shape index (κ1) is 17.0. The Hall–Kier alpha value is -2.33. The third-order valence-electron chi connectivity index (χ3n) is 3.36. The van der Waals surface area contributed by atoms with Crippen LogP contribution >= 0.6 is 11.6 Å². The van der Waals surface area contributed by atoms with Crippen LogP contribution in [0.4, 0.5) is 5.69 Å². The van der Waals surface area contributed by atoms with Gasteiger partial charge in [0.2, 0.25) is 11.8 Å². The highest BCUT2D eigenvalue weighted by Gasteiger charge is 2.10. The molecule has 0 bridgehead atoms. The molecule has 4 nitrogen and oxygen atoms in total. The highest BCUT2D eigenvalue weighted by Crippen LogP contribution is 2.19. The molecule has 120 valence electrons. The van der Waals surface area contributed by atoms with Crippen LogP contribution in [0, 0.1) is 13.8 Å².